The average Bonchev–Trinajstić information content (AvgIpc) is 2.31. The summed E-state index contributed by atoms with van der Waals surface area (Å²) in [6.45, 7) is -0.105. The second-order valence-corrected chi connectivity index (χ2v) is 3.57. The number of ether oxygens (including phenoxy) is 1. The summed E-state index contributed by atoms with van der Waals surface area (Å²) in [4.78, 5) is 13.4. The molecule has 6 nitrogen and oxygen atoms in total. The van der Waals surface area contributed by atoms with Crippen molar-refractivity contribution in [3.8, 4) is 0 Å². The molecule has 1 atom stereocenters. The summed E-state index contributed by atoms with van der Waals surface area (Å²) in [6, 6.07) is -0.314. The van der Waals surface area contributed by atoms with Gasteiger partial charge in [-0.05, 0) is 18.4 Å². The number of carbonyl (C=O) groups excluding carboxylic acids is 1. The Hall–Kier alpha value is -1.26. The fraction of sp³-hybridized carbons (Fsp3) is 0.900. The zero-order chi connectivity index (χ0) is 12.2. The largest absolute Gasteiger partial charge is 0.469 e. The predicted octanol–water partition coefficient (Wildman–Crippen LogP) is 2.17. The standard InChI is InChI=1S/C10H19N3O3/c1-16-10(15)7-5-3-2-4-6-9(8-14)12-13-11/h9,14H,2-8H2,1H3. The molecule has 0 saturated carbocycles. The molecule has 1 N–H and O–H groups in total. The van der Waals surface area contributed by atoms with E-state index in [0.29, 0.717) is 12.8 Å². The van der Waals surface area contributed by atoms with E-state index in [1.165, 1.54) is 7.11 Å². The fourth-order valence-electron chi connectivity index (χ4n) is 1.36. The lowest BCUT2D eigenvalue weighted by molar-refractivity contribution is -0.140. The van der Waals surface area contributed by atoms with Crippen LogP contribution in [0.4, 0.5) is 0 Å². The highest BCUT2D eigenvalue weighted by Gasteiger charge is 2.04. The molecule has 0 fully saturated rings. The second-order valence-electron chi connectivity index (χ2n) is 3.57. The van der Waals surface area contributed by atoms with Gasteiger partial charge in [-0.15, -0.1) is 0 Å². The van der Waals surface area contributed by atoms with Crippen molar-refractivity contribution in [3.63, 3.8) is 0 Å². The van der Waals surface area contributed by atoms with Crippen molar-refractivity contribution >= 4 is 5.97 Å². The predicted molar refractivity (Wildman–Crippen MR) is 59.7 cm³/mol. The molecule has 0 radical (unpaired) electrons. The van der Waals surface area contributed by atoms with Crippen LogP contribution in [-0.2, 0) is 9.53 Å². The summed E-state index contributed by atoms with van der Waals surface area (Å²) < 4.78 is 4.52. The first-order valence-corrected chi connectivity index (χ1v) is 5.46. The van der Waals surface area contributed by atoms with Gasteiger partial charge < -0.3 is 9.84 Å². The van der Waals surface area contributed by atoms with Crippen molar-refractivity contribution < 1.29 is 14.6 Å². The average molecular weight is 229 g/mol. The van der Waals surface area contributed by atoms with Crippen LogP contribution in [0.25, 0.3) is 10.4 Å². The molecule has 0 aliphatic heterocycles. The normalized spacial score (nSPS) is 11.6. The maximum atomic E-state index is 10.8. The maximum absolute atomic E-state index is 10.8. The van der Waals surface area contributed by atoms with Crippen LogP contribution in [0.3, 0.4) is 0 Å². The van der Waals surface area contributed by atoms with Gasteiger partial charge in [0.05, 0.1) is 19.8 Å². The van der Waals surface area contributed by atoms with Crippen LogP contribution in [0.1, 0.15) is 38.5 Å². The van der Waals surface area contributed by atoms with E-state index in [1.807, 2.05) is 0 Å². The maximum Gasteiger partial charge on any atom is 0.305 e. The monoisotopic (exact) mass is 229 g/mol. The van der Waals surface area contributed by atoms with Gasteiger partial charge in [-0.3, -0.25) is 4.79 Å². The van der Waals surface area contributed by atoms with Gasteiger partial charge in [-0.1, -0.05) is 24.4 Å². The van der Waals surface area contributed by atoms with E-state index in [-0.39, 0.29) is 18.6 Å². The van der Waals surface area contributed by atoms with Crippen molar-refractivity contribution in [2.45, 2.75) is 44.6 Å². The van der Waals surface area contributed by atoms with Gasteiger partial charge in [0, 0.05) is 11.3 Å². The van der Waals surface area contributed by atoms with Gasteiger partial charge in [0.15, 0.2) is 0 Å². The summed E-state index contributed by atoms with van der Waals surface area (Å²) in [5.74, 6) is -0.178. The highest BCUT2D eigenvalue weighted by molar-refractivity contribution is 5.68. The summed E-state index contributed by atoms with van der Waals surface area (Å²) in [6.07, 6.45) is 4.77. The molecule has 0 bridgehead atoms. The van der Waals surface area contributed by atoms with Crippen molar-refractivity contribution in [1.29, 1.82) is 0 Å². The minimum Gasteiger partial charge on any atom is -0.469 e. The zero-order valence-corrected chi connectivity index (χ0v) is 9.63. The molecule has 0 aromatic heterocycles. The minimum absolute atomic E-state index is 0.105. The van der Waals surface area contributed by atoms with Crippen LogP contribution in [0.2, 0.25) is 0 Å². The van der Waals surface area contributed by atoms with Crippen LogP contribution < -0.4 is 0 Å². The molecule has 92 valence electrons. The molecule has 0 rings (SSSR count). The highest BCUT2D eigenvalue weighted by Crippen LogP contribution is 2.09. The molecule has 0 spiro atoms. The van der Waals surface area contributed by atoms with E-state index in [2.05, 4.69) is 14.8 Å². The lowest BCUT2D eigenvalue weighted by atomic mass is 10.1. The van der Waals surface area contributed by atoms with Crippen LogP contribution in [0.5, 0.6) is 0 Å². The number of carbonyl (C=O) groups is 1. The molecule has 0 saturated heterocycles. The summed E-state index contributed by atoms with van der Waals surface area (Å²) in [5, 5.41) is 12.3. The van der Waals surface area contributed by atoms with Gasteiger partial charge in [0.1, 0.15) is 0 Å². The number of aliphatic hydroxyl groups excluding tert-OH is 1. The molecule has 0 aliphatic carbocycles. The Bertz CT molecular complexity index is 239. The minimum atomic E-state index is -0.314. The van der Waals surface area contributed by atoms with E-state index in [0.717, 1.165) is 25.7 Å². The van der Waals surface area contributed by atoms with E-state index < -0.39 is 0 Å². The number of unbranched alkanes of at least 4 members (excludes halogenated alkanes) is 3. The first kappa shape index (κ1) is 14.7. The Morgan fingerprint density at radius 1 is 1.44 bits per heavy atom. The Kier molecular flexibility index (Phi) is 9.46. The van der Waals surface area contributed by atoms with Gasteiger partial charge in [-0.25, -0.2) is 0 Å². The molecule has 0 heterocycles. The van der Waals surface area contributed by atoms with E-state index in [4.69, 9.17) is 10.6 Å². The second kappa shape index (κ2) is 10.3. The number of nitrogens with zero attached hydrogens (tertiary/aromatic N) is 3. The third-order valence-corrected chi connectivity index (χ3v) is 2.32. The van der Waals surface area contributed by atoms with Crippen molar-refractivity contribution in [2.24, 2.45) is 5.11 Å². The number of methoxy groups -OCH3 is 1. The van der Waals surface area contributed by atoms with E-state index in [9.17, 15) is 4.79 Å². The number of aliphatic hydroxyl groups is 1. The highest BCUT2D eigenvalue weighted by atomic mass is 16.5. The third kappa shape index (κ3) is 8.08. The van der Waals surface area contributed by atoms with Gasteiger partial charge in [0.2, 0.25) is 0 Å². The molecule has 0 amide bonds. The van der Waals surface area contributed by atoms with E-state index in [1.54, 1.807) is 0 Å². The van der Waals surface area contributed by atoms with Crippen molar-refractivity contribution in [2.75, 3.05) is 13.7 Å². The summed E-state index contributed by atoms with van der Waals surface area (Å²) in [7, 11) is 1.38. The zero-order valence-electron chi connectivity index (χ0n) is 9.63. The number of hydrogen-bond donors (Lipinski definition) is 1. The van der Waals surface area contributed by atoms with Gasteiger partial charge in [-0.2, -0.15) is 0 Å². The third-order valence-electron chi connectivity index (χ3n) is 2.32. The summed E-state index contributed by atoms with van der Waals surface area (Å²) >= 11 is 0. The van der Waals surface area contributed by atoms with E-state index >= 15 is 0 Å². The molecule has 16 heavy (non-hydrogen) atoms. The lowest BCUT2D eigenvalue weighted by Gasteiger charge is -2.06. The van der Waals surface area contributed by atoms with Gasteiger partial charge >= 0.3 is 5.97 Å². The van der Waals surface area contributed by atoms with Gasteiger partial charge in [0.25, 0.3) is 0 Å². The molecule has 0 aliphatic rings. The van der Waals surface area contributed by atoms with Crippen molar-refractivity contribution in [1.82, 2.24) is 0 Å². The molecular weight excluding hydrogens is 210 g/mol. The molecule has 6 heteroatoms. The molecular formula is C10H19N3O3. The number of azide groups is 1. The number of esters is 1. The van der Waals surface area contributed by atoms with Crippen molar-refractivity contribution in [3.05, 3.63) is 10.4 Å². The first-order chi connectivity index (χ1) is 7.74. The molecule has 1 unspecified atom stereocenters. The number of rotatable bonds is 9. The topological polar surface area (TPSA) is 95.3 Å². The summed E-state index contributed by atoms with van der Waals surface area (Å²) in [5.41, 5.74) is 8.19. The Morgan fingerprint density at radius 2 is 2.12 bits per heavy atom. The fourth-order valence-corrected chi connectivity index (χ4v) is 1.36. The Labute approximate surface area is 95.2 Å². The lowest BCUT2D eigenvalue weighted by Crippen LogP contribution is -2.08. The Morgan fingerprint density at radius 3 is 2.69 bits per heavy atom. The molecule has 0 aromatic carbocycles. The van der Waals surface area contributed by atoms with Crippen LogP contribution in [-0.4, -0.2) is 30.8 Å². The molecule has 0 aromatic rings. The quantitative estimate of drug-likeness (QED) is 0.216. The van der Waals surface area contributed by atoms with Crippen LogP contribution >= 0.6 is 0 Å². The SMILES string of the molecule is COC(=O)CCCCCCC(CO)N=[N+]=[N-]. The first-order valence-electron chi connectivity index (χ1n) is 5.46. The number of hydrogen-bond acceptors (Lipinski definition) is 4. The van der Waals surface area contributed by atoms with Crippen LogP contribution in [0.15, 0.2) is 5.11 Å². The Balaban J connectivity index is 3.38. The smallest absolute Gasteiger partial charge is 0.305 e. The van der Waals surface area contributed by atoms with Crippen LogP contribution in [0, 0.1) is 0 Å².